The van der Waals surface area contributed by atoms with Crippen LogP contribution in [0, 0.1) is 0 Å². The number of hydrogen-bond donors (Lipinski definition) is 1. The second-order valence-corrected chi connectivity index (χ2v) is 6.39. The molecule has 1 saturated heterocycles. The number of hydrogen-bond acceptors (Lipinski definition) is 4. The maximum atomic E-state index is 12.3. The summed E-state index contributed by atoms with van der Waals surface area (Å²) in [6.45, 7) is 7.11. The fourth-order valence-electron chi connectivity index (χ4n) is 2.96. The van der Waals surface area contributed by atoms with E-state index in [-0.39, 0.29) is 18.3 Å². The van der Waals surface area contributed by atoms with Crippen LogP contribution in [0.5, 0.6) is 0 Å². The number of amides is 1. The molecule has 1 aromatic heterocycles. The van der Waals surface area contributed by atoms with Crippen molar-refractivity contribution in [3.8, 4) is 0 Å². The van der Waals surface area contributed by atoms with E-state index >= 15 is 0 Å². The van der Waals surface area contributed by atoms with Gasteiger partial charge in [-0.1, -0.05) is 31.2 Å². The van der Waals surface area contributed by atoms with Crippen LogP contribution < -0.4 is 5.32 Å². The molecule has 0 saturated carbocycles. The highest BCUT2D eigenvalue weighted by Crippen LogP contribution is 2.10. The molecular formula is C19H27ClN4O2. The SMILES string of the molecule is CCc1cc(C(=O)NCc2ccc(CN3CCOCC3)cc2)n(C)n1.Cl. The van der Waals surface area contributed by atoms with Gasteiger partial charge in [0.1, 0.15) is 5.69 Å². The molecule has 0 unspecified atom stereocenters. The summed E-state index contributed by atoms with van der Waals surface area (Å²) in [4.78, 5) is 14.7. The third-order valence-corrected chi connectivity index (χ3v) is 4.51. The van der Waals surface area contributed by atoms with Gasteiger partial charge in [0, 0.05) is 33.2 Å². The fraction of sp³-hybridized carbons (Fsp3) is 0.474. The second-order valence-electron chi connectivity index (χ2n) is 6.39. The number of nitrogens with zero attached hydrogens (tertiary/aromatic N) is 3. The Kier molecular flexibility index (Phi) is 7.63. The van der Waals surface area contributed by atoms with Crippen molar-refractivity contribution in [1.82, 2.24) is 20.0 Å². The van der Waals surface area contributed by atoms with Crippen molar-refractivity contribution in [2.75, 3.05) is 26.3 Å². The summed E-state index contributed by atoms with van der Waals surface area (Å²) in [5.74, 6) is -0.0907. The van der Waals surface area contributed by atoms with E-state index in [9.17, 15) is 4.79 Å². The number of benzene rings is 1. The second kappa shape index (κ2) is 9.71. The number of aryl methyl sites for hydroxylation is 2. The van der Waals surface area contributed by atoms with Gasteiger partial charge in [0.05, 0.1) is 18.9 Å². The number of carbonyl (C=O) groups is 1. The summed E-state index contributed by atoms with van der Waals surface area (Å²) < 4.78 is 7.01. The van der Waals surface area contributed by atoms with E-state index in [0.717, 1.165) is 50.5 Å². The molecule has 1 N–H and O–H groups in total. The Morgan fingerprint density at radius 3 is 2.46 bits per heavy atom. The number of rotatable bonds is 6. The van der Waals surface area contributed by atoms with Gasteiger partial charge in [-0.15, -0.1) is 12.4 Å². The van der Waals surface area contributed by atoms with E-state index in [1.54, 1.807) is 11.7 Å². The van der Waals surface area contributed by atoms with E-state index in [1.807, 2.05) is 13.0 Å². The van der Waals surface area contributed by atoms with Crippen molar-refractivity contribution in [2.24, 2.45) is 7.05 Å². The zero-order valence-electron chi connectivity index (χ0n) is 15.4. The summed E-state index contributed by atoms with van der Waals surface area (Å²) in [5, 5.41) is 7.28. The van der Waals surface area contributed by atoms with E-state index < -0.39 is 0 Å². The molecular weight excluding hydrogens is 352 g/mol. The summed E-state index contributed by atoms with van der Waals surface area (Å²) in [7, 11) is 1.80. The van der Waals surface area contributed by atoms with E-state index in [4.69, 9.17) is 4.74 Å². The number of ether oxygens (including phenoxy) is 1. The highest BCUT2D eigenvalue weighted by molar-refractivity contribution is 5.92. The van der Waals surface area contributed by atoms with E-state index in [0.29, 0.717) is 12.2 Å². The zero-order chi connectivity index (χ0) is 17.6. The molecule has 1 aromatic carbocycles. The molecule has 0 bridgehead atoms. The molecule has 142 valence electrons. The Morgan fingerprint density at radius 2 is 1.85 bits per heavy atom. The van der Waals surface area contributed by atoms with E-state index in [1.165, 1.54) is 5.56 Å². The molecule has 0 aliphatic carbocycles. The van der Waals surface area contributed by atoms with Crippen molar-refractivity contribution < 1.29 is 9.53 Å². The predicted octanol–water partition coefficient (Wildman–Crippen LogP) is 2.17. The van der Waals surface area contributed by atoms with Gasteiger partial charge >= 0.3 is 0 Å². The Labute approximate surface area is 160 Å². The molecule has 7 heteroatoms. The number of aromatic nitrogens is 2. The molecule has 1 aliphatic heterocycles. The Morgan fingerprint density at radius 1 is 1.19 bits per heavy atom. The number of halogens is 1. The molecule has 1 fully saturated rings. The largest absolute Gasteiger partial charge is 0.379 e. The van der Waals surface area contributed by atoms with Crippen LogP contribution in [0.3, 0.4) is 0 Å². The maximum absolute atomic E-state index is 12.3. The first-order valence-electron chi connectivity index (χ1n) is 8.84. The topological polar surface area (TPSA) is 59.4 Å². The van der Waals surface area contributed by atoms with Gasteiger partial charge in [0.15, 0.2) is 0 Å². The third-order valence-electron chi connectivity index (χ3n) is 4.51. The first-order valence-corrected chi connectivity index (χ1v) is 8.84. The van der Waals surface area contributed by atoms with Gasteiger partial charge in [0.2, 0.25) is 0 Å². The summed E-state index contributed by atoms with van der Waals surface area (Å²) in [5.41, 5.74) is 3.91. The predicted molar refractivity (Wildman–Crippen MR) is 104 cm³/mol. The normalized spacial score (nSPS) is 14.7. The number of nitrogens with one attached hydrogen (secondary N) is 1. The van der Waals surface area contributed by atoms with Crippen LogP contribution in [0.15, 0.2) is 30.3 Å². The van der Waals surface area contributed by atoms with Gasteiger partial charge in [-0.05, 0) is 23.6 Å². The summed E-state index contributed by atoms with van der Waals surface area (Å²) in [6, 6.07) is 10.3. The van der Waals surface area contributed by atoms with Crippen molar-refractivity contribution in [3.63, 3.8) is 0 Å². The summed E-state index contributed by atoms with van der Waals surface area (Å²) >= 11 is 0. The van der Waals surface area contributed by atoms with Gasteiger partial charge in [0.25, 0.3) is 5.91 Å². The Bertz CT molecular complexity index is 709. The highest BCUT2D eigenvalue weighted by atomic mass is 35.5. The van der Waals surface area contributed by atoms with Crippen LogP contribution in [0.2, 0.25) is 0 Å². The Hall–Kier alpha value is -1.89. The fourth-order valence-corrected chi connectivity index (χ4v) is 2.96. The van der Waals surface area contributed by atoms with E-state index in [2.05, 4.69) is 39.6 Å². The van der Waals surface area contributed by atoms with Crippen molar-refractivity contribution in [2.45, 2.75) is 26.4 Å². The first kappa shape index (κ1) is 20.4. The smallest absolute Gasteiger partial charge is 0.269 e. The minimum atomic E-state index is -0.0907. The standard InChI is InChI=1S/C19H26N4O2.ClH/c1-3-17-12-18(22(2)21-17)19(24)20-13-15-4-6-16(7-5-15)14-23-8-10-25-11-9-23;/h4-7,12H,3,8-11,13-14H2,1-2H3,(H,20,24);1H. The van der Waals surface area contributed by atoms with Crippen LogP contribution in [-0.2, 0) is 31.3 Å². The average molecular weight is 379 g/mol. The molecule has 1 aliphatic rings. The molecule has 2 aromatic rings. The molecule has 2 heterocycles. The first-order chi connectivity index (χ1) is 12.2. The number of carbonyl (C=O) groups excluding carboxylic acids is 1. The lowest BCUT2D eigenvalue weighted by atomic mass is 10.1. The van der Waals surface area contributed by atoms with Crippen molar-refractivity contribution in [1.29, 1.82) is 0 Å². The maximum Gasteiger partial charge on any atom is 0.269 e. The zero-order valence-corrected chi connectivity index (χ0v) is 16.2. The molecule has 0 radical (unpaired) electrons. The van der Waals surface area contributed by atoms with Gasteiger partial charge in [-0.25, -0.2) is 0 Å². The average Bonchev–Trinajstić information content (AvgIpc) is 3.03. The highest BCUT2D eigenvalue weighted by Gasteiger charge is 2.13. The molecule has 0 spiro atoms. The third kappa shape index (κ3) is 5.30. The number of morpholine rings is 1. The Balaban J connectivity index is 0.00000243. The van der Waals surface area contributed by atoms with Crippen molar-refractivity contribution >= 4 is 18.3 Å². The summed E-state index contributed by atoms with van der Waals surface area (Å²) in [6.07, 6.45) is 0.825. The molecule has 1 amide bonds. The lowest BCUT2D eigenvalue weighted by Gasteiger charge is -2.26. The molecule has 26 heavy (non-hydrogen) atoms. The molecule has 6 nitrogen and oxygen atoms in total. The minimum Gasteiger partial charge on any atom is -0.379 e. The van der Waals surface area contributed by atoms with Gasteiger partial charge < -0.3 is 10.1 Å². The monoisotopic (exact) mass is 378 g/mol. The van der Waals surface area contributed by atoms with Crippen LogP contribution >= 0.6 is 12.4 Å². The van der Waals surface area contributed by atoms with Gasteiger partial charge in [-0.2, -0.15) is 5.10 Å². The quantitative estimate of drug-likeness (QED) is 0.836. The van der Waals surface area contributed by atoms with Crippen LogP contribution in [0.4, 0.5) is 0 Å². The molecule has 3 rings (SSSR count). The molecule has 0 atom stereocenters. The van der Waals surface area contributed by atoms with Crippen LogP contribution in [0.25, 0.3) is 0 Å². The van der Waals surface area contributed by atoms with Gasteiger partial charge in [-0.3, -0.25) is 14.4 Å². The lowest BCUT2D eigenvalue weighted by molar-refractivity contribution is 0.0342. The van der Waals surface area contributed by atoms with Crippen LogP contribution in [0.1, 0.15) is 34.2 Å². The van der Waals surface area contributed by atoms with Crippen LogP contribution in [-0.4, -0.2) is 46.9 Å². The minimum absolute atomic E-state index is 0. The lowest BCUT2D eigenvalue weighted by Crippen LogP contribution is -2.35. The van der Waals surface area contributed by atoms with Crippen molar-refractivity contribution in [3.05, 3.63) is 52.8 Å².